The van der Waals surface area contributed by atoms with E-state index in [9.17, 15) is 8.42 Å². The van der Waals surface area contributed by atoms with E-state index in [1.807, 2.05) is 24.3 Å². The second kappa shape index (κ2) is 8.51. The average Bonchev–Trinajstić information content (AvgIpc) is 2.99. The molecule has 29 heavy (non-hydrogen) atoms. The van der Waals surface area contributed by atoms with Gasteiger partial charge in [-0.3, -0.25) is 4.72 Å². The smallest absolute Gasteiger partial charge is 0.262 e. The number of quaternary nitrogens is 1. The lowest BCUT2D eigenvalue weighted by atomic mass is 10.2. The van der Waals surface area contributed by atoms with Crippen LogP contribution < -0.4 is 24.0 Å². The lowest BCUT2D eigenvalue weighted by molar-refractivity contribution is -0.898. The van der Waals surface area contributed by atoms with Crippen LogP contribution in [0.5, 0.6) is 11.5 Å². The van der Waals surface area contributed by atoms with Gasteiger partial charge in [0.25, 0.3) is 10.0 Å². The van der Waals surface area contributed by atoms with Crippen molar-refractivity contribution in [3.8, 4) is 11.5 Å². The predicted molar refractivity (Wildman–Crippen MR) is 113 cm³/mol. The van der Waals surface area contributed by atoms with Crippen molar-refractivity contribution in [2.45, 2.75) is 18.2 Å². The van der Waals surface area contributed by atoms with Gasteiger partial charge in [0.1, 0.15) is 0 Å². The first kappa shape index (κ1) is 19.8. The second-order valence-corrected chi connectivity index (χ2v) is 9.08. The molecule has 0 aliphatic carbocycles. The maximum atomic E-state index is 12.8. The molecule has 0 bridgehead atoms. The Hall–Kier alpha value is -2.45. The van der Waals surface area contributed by atoms with E-state index in [1.165, 1.54) is 6.07 Å². The molecule has 0 unspecified atom stereocenters. The maximum absolute atomic E-state index is 12.8. The predicted octanol–water partition coefficient (Wildman–Crippen LogP) is 1.37. The van der Waals surface area contributed by atoms with Crippen molar-refractivity contribution in [2.24, 2.45) is 0 Å². The van der Waals surface area contributed by atoms with Gasteiger partial charge in [0.2, 0.25) is 0 Å². The van der Waals surface area contributed by atoms with Crippen molar-refractivity contribution in [3.63, 3.8) is 0 Å². The lowest BCUT2D eigenvalue weighted by Gasteiger charge is -2.33. The minimum Gasteiger partial charge on any atom is -0.490 e. The molecule has 8 heteroatoms. The van der Waals surface area contributed by atoms with Crippen LogP contribution in [-0.4, -0.2) is 54.4 Å². The van der Waals surface area contributed by atoms with E-state index in [2.05, 4.69) is 16.5 Å². The highest BCUT2D eigenvalue weighted by Crippen LogP contribution is 2.32. The summed E-state index contributed by atoms with van der Waals surface area (Å²) in [7, 11) is -3.71. The number of sulfonamides is 1. The Labute approximate surface area is 172 Å². The number of nitrogens with zero attached hydrogens (tertiary/aromatic N) is 1. The molecule has 0 radical (unpaired) electrons. The highest BCUT2D eigenvalue weighted by atomic mass is 32.2. The Morgan fingerprint density at radius 2 is 1.69 bits per heavy atom. The molecule has 0 atom stereocenters. The minimum atomic E-state index is -3.71. The zero-order valence-electron chi connectivity index (χ0n) is 16.7. The number of piperazine rings is 1. The lowest BCUT2D eigenvalue weighted by Crippen LogP contribution is -3.14. The summed E-state index contributed by atoms with van der Waals surface area (Å²) in [5, 5.41) is 0. The first-order valence-electron chi connectivity index (χ1n) is 10.2. The van der Waals surface area contributed by atoms with Crippen LogP contribution in [-0.2, 0) is 10.0 Å². The number of fused-ring (bicyclic) bond motifs is 1. The van der Waals surface area contributed by atoms with Crippen molar-refractivity contribution in [1.82, 2.24) is 0 Å². The van der Waals surface area contributed by atoms with Crippen LogP contribution in [0.15, 0.2) is 47.4 Å². The van der Waals surface area contributed by atoms with Crippen LogP contribution in [0.4, 0.5) is 11.4 Å². The van der Waals surface area contributed by atoms with E-state index in [1.54, 1.807) is 17.0 Å². The van der Waals surface area contributed by atoms with Gasteiger partial charge in [-0.05, 0) is 43.3 Å². The third-order valence-corrected chi connectivity index (χ3v) is 6.86. The van der Waals surface area contributed by atoms with Gasteiger partial charge in [-0.1, -0.05) is 0 Å². The van der Waals surface area contributed by atoms with Gasteiger partial charge in [-0.25, -0.2) is 8.42 Å². The molecule has 2 aromatic carbocycles. The first-order valence-corrected chi connectivity index (χ1v) is 11.6. The fourth-order valence-corrected chi connectivity index (χ4v) is 4.77. The molecule has 1 fully saturated rings. The first-order chi connectivity index (χ1) is 14.0. The van der Waals surface area contributed by atoms with Gasteiger partial charge in [0.05, 0.1) is 50.8 Å². The summed E-state index contributed by atoms with van der Waals surface area (Å²) in [6.45, 7) is 8.77. The maximum Gasteiger partial charge on any atom is 0.262 e. The summed E-state index contributed by atoms with van der Waals surface area (Å²) in [4.78, 5) is 4.13. The third-order valence-electron chi connectivity index (χ3n) is 5.48. The monoisotopic (exact) mass is 418 g/mol. The summed E-state index contributed by atoms with van der Waals surface area (Å²) in [6, 6.07) is 12.3. The second-order valence-electron chi connectivity index (χ2n) is 7.40. The third kappa shape index (κ3) is 4.59. The number of benzene rings is 2. The molecular formula is C21H28N3O4S+. The highest BCUT2D eigenvalue weighted by Gasteiger charge is 2.21. The van der Waals surface area contributed by atoms with Crippen LogP contribution in [0.25, 0.3) is 0 Å². The zero-order chi connectivity index (χ0) is 20.3. The Morgan fingerprint density at radius 1 is 1.00 bits per heavy atom. The van der Waals surface area contributed by atoms with Gasteiger partial charge in [0, 0.05) is 23.9 Å². The normalized spacial score (nSPS) is 17.6. The van der Waals surface area contributed by atoms with E-state index in [-0.39, 0.29) is 4.90 Å². The Balaban J connectivity index is 1.45. The minimum absolute atomic E-state index is 0.157. The summed E-state index contributed by atoms with van der Waals surface area (Å²) in [6.07, 6.45) is 0.774. The fraction of sp³-hybridized carbons (Fsp3) is 0.429. The Kier molecular flexibility index (Phi) is 5.82. The van der Waals surface area contributed by atoms with Crippen molar-refractivity contribution in [1.29, 1.82) is 0 Å². The number of ether oxygens (including phenoxy) is 2. The van der Waals surface area contributed by atoms with Crippen LogP contribution in [0.3, 0.4) is 0 Å². The van der Waals surface area contributed by atoms with E-state index in [0.29, 0.717) is 30.4 Å². The molecule has 0 amide bonds. The van der Waals surface area contributed by atoms with E-state index in [0.717, 1.165) is 44.8 Å². The molecule has 0 aromatic heterocycles. The molecule has 2 aliphatic rings. The molecular weight excluding hydrogens is 390 g/mol. The number of likely N-dealkylation sites (N-methyl/N-ethyl adjacent to an activating group) is 1. The number of hydrogen-bond donors (Lipinski definition) is 2. The van der Waals surface area contributed by atoms with Crippen LogP contribution in [0, 0.1) is 0 Å². The van der Waals surface area contributed by atoms with Crippen LogP contribution in [0.2, 0.25) is 0 Å². The molecule has 7 nitrogen and oxygen atoms in total. The van der Waals surface area contributed by atoms with Gasteiger partial charge in [-0.15, -0.1) is 0 Å². The van der Waals surface area contributed by atoms with Crippen LogP contribution >= 0.6 is 0 Å². The van der Waals surface area contributed by atoms with Gasteiger partial charge < -0.3 is 19.3 Å². The number of hydrogen-bond acceptors (Lipinski definition) is 5. The Morgan fingerprint density at radius 3 is 2.38 bits per heavy atom. The molecule has 1 saturated heterocycles. The summed E-state index contributed by atoms with van der Waals surface area (Å²) >= 11 is 0. The largest absolute Gasteiger partial charge is 0.490 e. The summed E-state index contributed by atoms with van der Waals surface area (Å²) in [5.41, 5.74) is 1.66. The molecule has 156 valence electrons. The molecule has 4 rings (SSSR count). The molecule has 0 spiro atoms. The zero-order valence-corrected chi connectivity index (χ0v) is 17.5. The van der Waals surface area contributed by atoms with Crippen molar-refractivity contribution < 1.29 is 22.8 Å². The average molecular weight is 419 g/mol. The van der Waals surface area contributed by atoms with Gasteiger partial charge in [-0.2, -0.15) is 0 Å². The van der Waals surface area contributed by atoms with Gasteiger partial charge >= 0.3 is 0 Å². The summed E-state index contributed by atoms with van der Waals surface area (Å²) < 4.78 is 39.5. The molecule has 2 aliphatic heterocycles. The molecule has 2 heterocycles. The van der Waals surface area contributed by atoms with E-state index in [4.69, 9.17) is 9.47 Å². The van der Waals surface area contributed by atoms with Crippen molar-refractivity contribution in [2.75, 3.05) is 55.6 Å². The highest BCUT2D eigenvalue weighted by molar-refractivity contribution is 7.92. The van der Waals surface area contributed by atoms with Crippen molar-refractivity contribution in [3.05, 3.63) is 42.5 Å². The van der Waals surface area contributed by atoms with Gasteiger partial charge in [0.15, 0.2) is 11.5 Å². The van der Waals surface area contributed by atoms with Crippen molar-refractivity contribution >= 4 is 21.4 Å². The Bertz CT molecular complexity index is 939. The molecule has 2 aromatic rings. The number of rotatable bonds is 5. The SMILES string of the molecule is CC[NH+]1CCN(c2ccc(NS(=O)(=O)c3ccc4c(c3)OCCCO4)cc2)CC1. The standard InChI is InChI=1S/C21H27N3O4S/c1-2-23-10-12-24(13-11-23)18-6-4-17(5-7-18)22-29(25,26)19-8-9-20-21(16-19)28-15-3-14-27-20/h4-9,16,22H,2-3,10-15H2,1H3/p+1. The fourth-order valence-electron chi connectivity index (χ4n) is 3.70. The number of nitrogens with one attached hydrogen (secondary N) is 2. The summed E-state index contributed by atoms with van der Waals surface area (Å²) in [5.74, 6) is 1.05. The molecule has 0 saturated carbocycles. The number of anilines is 2. The molecule has 2 N–H and O–H groups in total. The topological polar surface area (TPSA) is 72.3 Å². The van der Waals surface area contributed by atoms with E-state index >= 15 is 0 Å². The van der Waals surface area contributed by atoms with E-state index < -0.39 is 10.0 Å². The quantitative estimate of drug-likeness (QED) is 0.768. The van der Waals surface area contributed by atoms with Crippen LogP contribution in [0.1, 0.15) is 13.3 Å².